The molecule has 6 heteroatoms. The summed E-state index contributed by atoms with van der Waals surface area (Å²) in [6.45, 7) is 5.81. The van der Waals surface area contributed by atoms with Crippen molar-refractivity contribution in [3.63, 3.8) is 0 Å². The summed E-state index contributed by atoms with van der Waals surface area (Å²) in [6, 6.07) is -0.751. The summed E-state index contributed by atoms with van der Waals surface area (Å²) < 4.78 is 5.05. The summed E-state index contributed by atoms with van der Waals surface area (Å²) in [7, 11) is 0. The van der Waals surface area contributed by atoms with Crippen LogP contribution < -0.4 is 11.1 Å². The van der Waals surface area contributed by atoms with Crippen molar-refractivity contribution in [3.05, 3.63) is 0 Å². The third-order valence-electron chi connectivity index (χ3n) is 3.01. The van der Waals surface area contributed by atoms with Crippen molar-refractivity contribution in [2.24, 2.45) is 11.1 Å². The van der Waals surface area contributed by atoms with Gasteiger partial charge in [-0.1, -0.05) is 20.8 Å². The van der Waals surface area contributed by atoms with Crippen LogP contribution in [0.5, 0.6) is 0 Å². The van der Waals surface area contributed by atoms with E-state index in [1.807, 2.05) is 20.8 Å². The average molecular weight is 244 g/mol. The lowest BCUT2D eigenvalue weighted by molar-refractivity contribution is -0.148. The lowest BCUT2D eigenvalue weighted by Gasteiger charge is -2.30. The third kappa shape index (κ3) is 2.95. The second-order valence-electron chi connectivity index (χ2n) is 5.52. The van der Waals surface area contributed by atoms with Crippen LogP contribution in [0.1, 0.15) is 27.2 Å². The van der Waals surface area contributed by atoms with Crippen LogP contribution in [0.15, 0.2) is 0 Å². The normalized spacial score (nSPS) is 26.6. The molecular weight excluding hydrogens is 224 g/mol. The minimum absolute atomic E-state index is 0.00899. The maximum absolute atomic E-state index is 11.9. The molecule has 0 saturated carbocycles. The largest absolute Gasteiger partial charge is 0.479 e. The highest BCUT2D eigenvalue weighted by Gasteiger charge is 2.45. The first-order chi connectivity index (χ1) is 7.69. The Morgan fingerprint density at radius 1 is 1.47 bits per heavy atom. The predicted molar refractivity (Wildman–Crippen MR) is 61.4 cm³/mol. The quantitative estimate of drug-likeness (QED) is 0.633. The Hall–Kier alpha value is -1.14. The molecule has 1 unspecified atom stereocenters. The van der Waals surface area contributed by atoms with Crippen LogP contribution in [0.4, 0.5) is 0 Å². The molecule has 0 aromatic heterocycles. The fourth-order valence-corrected chi connectivity index (χ4v) is 1.59. The zero-order valence-corrected chi connectivity index (χ0v) is 10.4. The molecule has 1 aliphatic rings. The first-order valence-electron chi connectivity index (χ1n) is 5.58. The highest BCUT2D eigenvalue weighted by molar-refractivity contribution is 5.90. The fraction of sp³-hybridized carbons (Fsp3) is 0.818. The summed E-state index contributed by atoms with van der Waals surface area (Å²) in [5, 5.41) is 11.7. The summed E-state index contributed by atoms with van der Waals surface area (Å²) in [4.78, 5) is 23.1. The maximum Gasteiger partial charge on any atom is 0.331 e. The summed E-state index contributed by atoms with van der Waals surface area (Å²) in [5.41, 5.74) is 4.05. The molecule has 98 valence electrons. The van der Waals surface area contributed by atoms with Crippen LogP contribution in [0.3, 0.4) is 0 Å². The Labute approximate surface area is 101 Å². The summed E-state index contributed by atoms with van der Waals surface area (Å²) in [6.07, 6.45) is 0.269. The van der Waals surface area contributed by atoms with E-state index >= 15 is 0 Å². The van der Waals surface area contributed by atoms with Gasteiger partial charge in [-0.3, -0.25) is 4.79 Å². The molecular formula is C11H20N2O4. The number of ether oxygens (including phenoxy) is 1. The molecule has 6 nitrogen and oxygen atoms in total. The zero-order valence-electron chi connectivity index (χ0n) is 10.4. The molecule has 0 aromatic carbocycles. The van der Waals surface area contributed by atoms with E-state index in [4.69, 9.17) is 15.6 Å². The van der Waals surface area contributed by atoms with Gasteiger partial charge in [-0.25, -0.2) is 4.79 Å². The van der Waals surface area contributed by atoms with Gasteiger partial charge in [0.2, 0.25) is 5.91 Å². The Morgan fingerprint density at radius 2 is 2.06 bits per heavy atom. The van der Waals surface area contributed by atoms with E-state index in [0.29, 0.717) is 6.61 Å². The molecule has 2 atom stereocenters. The molecule has 1 fully saturated rings. The minimum atomic E-state index is -1.32. The van der Waals surface area contributed by atoms with Crippen molar-refractivity contribution in [2.45, 2.75) is 38.8 Å². The number of nitrogens with one attached hydrogen (secondary N) is 1. The highest BCUT2D eigenvalue weighted by atomic mass is 16.5. The van der Waals surface area contributed by atoms with Crippen LogP contribution in [0.2, 0.25) is 0 Å². The van der Waals surface area contributed by atoms with Gasteiger partial charge in [0.25, 0.3) is 0 Å². The predicted octanol–water partition coefficient (Wildman–Crippen LogP) is -0.280. The van der Waals surface area contributed by atoms with Gasteiger partial charge < -0.3 is 20.9 Å². The highest BCUT2D eigenvalue weighted by Crippen LogP contribution is 2.22. The van der Waals surface area contributed by atoms with Gasteiger partial charge in [-0.05, 0) is 5.41 Å². The second kappa shape index (κ2) is 4.62. The van der Waals surface area contributed by atoms with Gasteiger partial charge in [-0.15, -0.1) is 0 Å². The second-order valence-corrected chi connectivity index (χ2v) is 5.52. The molecule has 1 saturated heterocycles. The van der Waals surface area contributed by atoms with Crippen LogP contribution >= 0.6 is 0 Å². The van der Waals surface area contributed by atoms with Crippen molar-refractivity contribution in [2.75, 3.05) is 13.2 Å². The van der Waals surface area contributed by atoms with Crippen LogP contribution in [-0.2, 0) is 14.3 Å². The van der Waals surface area contributed by atoms with E-state index in [0.717, 1.165) is 0 Å². The molecule has 0 aliphatic carbocycles. The average Bonchev–Trinajstić information content (AvgIpc) is 2.64. The Kier molecular flexibility index (Phi) is 3.78. The molecule has 1 rings (SSSR count). The number of rotatable bonds is 3. The van der Waals surface area contributed by atoms with Gasteiger partial charge in [-0.2, -0.15) is 0 Å². The van der Waals surface area contributed by atoms with Gasteiger partial charge in [0.1, 0.15) is 0 Å². The van der Waals surface area contributed by atoms with E-state index in [2.05, 4.69) is 5.32 Å². The van der Waals surface area contributed by atoms with Gasteiger partial charge >= 0.3 is 5.97 Å². The SMILES string of the molecule is CC(C)(C)[C@H](N)C(=O)NC1(C(=O)O)CCOC1. The van der Waals surface area contributed by atoms with Crippen LogP contribution in [0.25, 0.3) is 0 Å². The number of nitrogens with two attached hydrogens (primary N) is 1. The smallest absolute Gasteiger partial charge is 0.331 e. The van der Waals surface area contributed by atoms with Crippen molar-refractivity contribution in [1.29, 1.82) is 0 Å². The van der Waals surface area contributed by atoms with Crippen molar-refractivity contribution in [1.82, 2.24) is 5.32 Å². The molecule has 1 heterocycles. The summed E-state index contributed by atoms with van der Waals surface area (Å²) in [5.74, 6) is -1.53. The Morgan fingerprint density at radius 3 is 2.41 bits per heavy atom. The van der Waals surface area contributed by atoms with E-state index in [-0.39, 0.29) is 13.0 Å². The standard InChI is InChI=1S/C11H20N2O4/c1-10(2,3)7(12)8(14)13-11(9(15)16)4-5-17-6-11/h7H,4-6,12H2,1-3H3,(H,13,14)(H,15,16)/t7-,11?/m1/s1. The number of amides is 1. The number of carbonyl (C=O) groups is 2. The number of hydrogen-bond acceptors (Lipinski definition) is 4. The molecule has 17 heavy (non-hydrogen) atoms. The number of aliphatic carboxylic acids is 1. The van der Waals surface area contributed by atoms with Crippen molar-refractivity contribution >= 4 is 11.9 Å². The Balaban J connectivity index is 2.76. The first kappa shape index (κ1) is 13.9. The molecule has 0 bridgehead atoms. The number of carboxylic acid groups (broad SMARTS) is 1. The molecule has 4 N–H and O–H groups in total. The molecule has 1 amide bonds. The van der Waals surface area contributed by atoms with Crippen LogP contribution in [-0.4, -0.2) is 41.8 Å². The molecule has 0 aromatic rings. The number of hydrogen-bond donors (Lipinski definition) is 3. The van der Waals surface area contributed by atoms with Gasteiger partial charge in [0.15, 0.2) is 5.54 Å². The van der Waals surface area contributed by atoms with Crippen molar-refractivity contribution < 1.29 is 19.4 Å². The minimum Gasteiger partial charge on any atom is -0.479 e. The van der Waals surface area contributed by atoms with E-state index in [9.17, 15) is 9.59 Å². The van der Waals surface area contributed by atoms with Crippen LogP contribution in [0, 0.1) is 5.41 Å². The van der Waals surface area contributed by atoms with Crippen molar-refractivity contribution in [3.8, 4) is 0 Å². The lowest BCUT2D eigenvalue weighted by Crippen LogP contribution is -2.60. The fourth-order valence-electron chi connectivity index (χ4n) is 1.59. The molecule has 1 aliphatic heterocycles. The van der Waals surface area contributed by atoms with Gasteiger partial charge in [0, 0.05) is 13.0 Å². The van der Waals surface area contributed by atoms with E-state index in [1.54, 1.807) is 0 Å². The van der Waals surface area contributed by atoms with E-state index < -0.39 is 28.9 Å². The monoisotopic (exact) mass is 244 g/mol. The van der Waals surface area contributed by atoms with Gasteiger partial charge in [0.05, 0.1) is 12.6 Å². The topological polar surface area (TPSA) is 102 Å². The number of carboxylic acids is 1. The number of carbonyl (C=O) groups excluding carboxylic acids is 1. The maximum atomic E-state index is 11.9. The molecule has 0 radical (unpaired) electrons. The van der Waals surface area contributed by atoms with E-state index in [1.165, 1.54) is 0 Å². The zero-order chi connectivity index (χ0) is 13.3. The summed E-state index contributed by atoms with van der Waals surface area (Å²) >= 11 is 0. The Bertz CT molecular complexity index is 316. The first-order valence-corrected chi connectivity index (χ1v) is 5.58. The third-order valence-corrected chi connectivity index (χ3v) is 3.01. The molecule has 0 spiro atoms. The lowest BCUT2D eigenvalue weighted by atomic mass is 9.86.